The number of likely N-dealkylation sites (tertiary alicyclic amines) is 1. The summed E-state index contributed by atoms with van der Waals surface area (Å²) in [5.41, 5.74) is 1.87. The average molecular weight is 223 g/mol. The largest absolute Gasteiger partial charge is 0.315 e. The molecule has 0 saturated carbocycles. The van der Waals surface area contributed by atoms with Gasteiger partial charge in [-0.25, -0.2) is 4.98 Å². The van der Waals surface area contributed by atoms with Gasteiger partial charge in [-0.05, 0) is 19.9 Å². The quantitative estimate of drug-likeness (QED) is 0.818. The van der Waals surface area contributed by atoms with Crippen LogP contribution in [0.1, 0.15) is 17.1 Å². The summed E-state index contributed by atoms with van der Waals surface area (Å²) >= 11 is 1.76. The molecule has 15 heavy (non-hydrogen) atoms. The minimum atomic E-state index is 0.616. The second kappa shape index (κ2) is 3.54. The predicted molar refractivity (Wildman–Crippen MR) is 62.0 cm³/mol. The first-order valence-electron chi connectivity index (χ1n) is 5.60. The van der Waals surface area contributed by atoms with E-state index in [0.717, 1.165) is 6.54 Å². The fraction of sp³-hybridized carbons (Fsp3) is 0.727. The molecule has 2 aliphatic heterocycles. The number of aromatic nitrogens is 1. The number of hydrogen-bond acceptors (Lipinski definition) is 4. The molecule has 2 aliphatic rings. The van der Waals surface area contributed by atoms with Gasteiger partial charge >= 0.3 is 0 Å². The highest BCUT2D eigenvalue weighted by atomic mass is 32.1. The molecular formula is C11H17N3S. The molecule has 3 heterocycles. The highest BCUT2D eigenvalue weighted by Crippen LogP contribution is 2.34. The van der Waals surface area contributed by atoms with Gasteiger partial charge in [-0.3, -0.25) is 4.90 Å². The molecule has 0 unspecified atom stereocenters. The maximum absolute atomic E-state index is 4.53. The molecule has 0 atom stereocenters. The number of hydrogen-bond donors (Lipinski definition) is 1. The highest BCUT2D eigenvalue weighted by Gasteiger charge is 2.42. The van der Waals surface area contributed by atoms with Gasteiger partial charge in [0.1, 0.15) is 0 Å². The van der Waals surface area contributed by atoms with Crippen molar-refractivity contribution < 1.29 is 0 Å². The monoisotopic (exact) mass is 223 g/mol. The molecule has 2 fully saturated rings. The molecule has 2 saturated heterocycles. The number of nitrogens with one attached hydrogen (secondary N) is 1. The molecule has 0 aromatic carbocycles. The van der Waals surface area contributed by atoms with Gasteiger partial charge in [-0.2, -0.15) is 0 Å². The molecular weight excluding hydrogens is 206 g/mol. The predicted octanol–water partition coefficient (Wildman–Crippen LogP) is 1.25. The zero-order chi connectivity index (χ0) is 10.3. The van der Waals surface area contributed by atoms with Gasteiger partial charge in [0.2, 0.25) is 0 Å². The third-order valence-electron chi connectivity index (χ3n) is 3.57. The number of thiazole rings is 1. The lowest BCUT2D eigenvalue weighted by atomic mass is 9.81. The van der Waals surface area contributed by atoms with Crippen molar-refractivity contribution in [1.29, 1.82) is 0 Å². The van der Waals surface area contributed by atoms with Crippen LogP contribution in [0.15, 0.2) is 5.38 Å². The summed E-state index contributed by atoms with van der Waals surface area (Å²) in [6, 6.07) is 0. The van der Waals surface area contributed by atoms with E-state index in [0.29, 0.717) is 5.41 Å². The Morgan fingerprint density at radius 3 is 3.00 bits per heavy atom. The Kier molecular flexibility index (Phi) is 2.30. The molecule has 1 N–H and O–H groups in total. The van der Waals surface area contributed by atoms with E-state index in [1.165, 1.54) is 43.3 Å². The third kappa shape index (κ3) is 1.82. The summed E-state index contributed by atoms with van der Waals surface area (Å²) in [7, 11) is 0. The van der Waals surface area contributed by atoms with Gasteiger partial charge in [-0.15, -0.1) is 11.3 Å². The standard InChI is InChI=1S/C11H17N3S/c1-9-13-10(5-15-9)4-14-3-2-11(8-14)6-12-7-11/h5,12H,2-4,6-8H2,1H3. The van der Waals surface area contributed by atoms with E-state index in [4.69, 9.17) is 0 Å². The fourth-order valence-corrected chi connectivity index (χ4v) is 3.24. The first-order valence-corrected chi connectivity index (χ1v) is 6.48. The van der Waals surface area contributed by atoms with E-state index in [1.54, 1.807) is 11.3 Å². The lowest BCUT2D eigenvalue weighted by Crippen LogP contribution is -2.54. The Balaban J connectivity index is 1.61. The summed E-state index contributed by atoms with van der Waals surface area (Å²) in [5.74, 6) is 0. The van der Waals surface area contributed by atoms with Crippen molar-refractivity contribution in [3.8, 4) is 0 Å². The summed E-state index contributed by atoms with van der Waals surface area (Å²) in [4.78, 5) is 7.08. The van der Waals surface area contributed by atoms with Crippen molar-refractivity contribution in [3.63, 3.8) is 0 Å². The van der Waals surface area contributed by atoms with Crippen molar-refractivity contribution in [3.05, 3.63) is 16.1 Å². The Hall–Kier alpha value is -0.450. The molecule has 0 aliphatic carbocycles. The van der Waals surface area contributed by atoms with Crippen LogP contribution in [0.3, 0.4) is 0 Å². The normalized spacial score (nSPS) is 24.6. The fourth-order valence-electron chi connectivity index (χ4n) is 2.64. The van der Waals surface area contributed by atoms with Crippen LogP contribution in [0, 0.1) is 12.3 Å². The van der Waals surface area contributed by atoms with Gasteiger partial charge in [0.15, 0.2) is 0 Å². The Labute approximate surface area is 94.5 Å². The van der Waals surface area contributed by atoms with Crippen LogP contribution in [0.4, 0.5) is 0 Å². The molecule has 0 amide bonds. The first-order chi connectivity index (χ1) is 7.26. The molecule has 0 radical (unpaired) electrons. The second-order valence-electron chi connectivity index (χ2n) is 4.92. The molecule has 3 rings (SSSR count). The van der Waals surface area contributed by atoms with Crippen LogP contribution >= 0.6 is 11.3 Å². The first kappa shape index (κ1) is 9.75. The lowest BCUT2D eigenvalue weighted by molar-refractivity contribution is 0.166. The van der Waals surface area contributed by atoms with Crippen LogP contribution in [0.2, 0.25) is 0 Å². The van der Waals surface area contributed by atoms with Gasteiger partial charge in [0.05, 0.1) is 10.7 Å². The zero-order valence-corrected chi connectivity index (χ0v) is 9.94. The van der Waals surface area contributed by atoms with Crippen LogP contribution in [-0.4, -0.2) is 36.1 Å². The van der Waals surface area contributed by atoms with Crippen molar-refractivity contribution in [1.82, 2.24) is 15.2 Å². The third-order valence-corrected chi connectivity index (χ3v) is 4.39. The summed E-state index contributed by atoms with van der Waals surface area (Å²) in [6.07, 6.45) is 1.36. The molecule has 1 aromatic rings. The van der Waals surface area contributed by atoms with E-state index in [-0.39, 0.29) is 0 Å². The Morgan fingerprint density at radius 1 is 1.60 bits per heavy atom. The summed E-state index contributed by atoms with van der Waals surface area (Å²) < 4.78 is 0. The number of aryl methyl sites for hydroxylation is 1. The van der Waals surface area contributed by atoms with E-state index in [1.807, 2.05) is 0 Å². The van der Waals surface area contributed by atoms with Crippen LogP contribution < -0.4 is 5.32 Å². The van der Waals surface area contributed by atoms with Gasteiger partial charge in [0.25, 0.3) is 0 Å². The van der Waals surface area contributed by atoms with Crippen LogP contribution in [0.5, 0.6) is 0 Å². The van der Waals surface area contributed by atoms with Crippen molar-refractivity contribution in [2.45, 2.75) is 19.9 Å². The molecule has 82 valence electrons. The Morgan fingerprint density at radius 2 is 2.47 bits per heavy atom. The number of rotatable bonds is 2. The van der Waals surface area contributed by atoms with Gasteiger partial charge in [0, 0.05) is 37.0 Å². The SMILES string of the molecule is Cc1nc(CN2CCC3(CNC3)C2)cs1. The minimum absolute atomic E-state index is 0.616. The lowest BCUT2D eigenvalue weighted by Gasteiger charge is -2.39. The maximum atomic E-state index is 4.53. The molecule has 1 aromatic heterocycles. The smallest absolute Gasteiger partial charge is 0.0897 e. The van der Waals surface area contributed by atoms with Crippen molar-refractivity contribution >= 4 is 11.3 Å². The van der Waals surface area contributed by atoms with Crippen LogP contribution in [0.25, 0.3) is 0 Å². The average Bonchev–Trinajstić information content (AvgIpc) is 2.72. The van der Waals surface area contributed by atoms with Crippen molar-refractivity contribution in [2.24, 2.45) is 5.41 Å². The highest BCUT2D eigenvalue weighted by molar-refractivity contribution is 7.09. The zero-order valence-electron chi connectivity index (χ0n) is 9.12. The molecule has 0 bridgehead atoms. The molecule has 4 heteroatoms. The summed E-state index contributed by atoms with van der Waals surface area (Å²) in [5, 5.41) is 6.77. The number of nitrogens with zero attached hydrogens (tertiary/aromatic N) is 2. The van der Waals surface area contributed by atoms with Crippen LogP contribution in [-0.2, 0) is 6.54 Å². The second-order valence-corrected chi connectivity index (χ2v) is 5.98. The van der Waals surface area contributed by atoms with Crippen molar-refractivity contribution in [2.75, 3.05) is 26.2 Å². The van der Waals surface area contributed by atoms with E-state index in [2.05, 4.69) is 27.5 Å². The van der Waals surface area contributed by atoms with Gasteiger partial charge in [-0.1, -0.05) is 0 Å². The maximum Gasteiger partial charge on any atom is 0.0897 e. The van der Waals surface area contributed by atoms with E-state index < -0.39 is 0 Å². The minimum Gasteiger partial charge on any atom is -0.315 e. The van der Waals surface area contributed by atoms with E-state index in [9.17, 15) is 0 Å². The topological polar surface area (TPSA) is 28.2 Å². The summed E-state index contributed by atoms with van der Waals surface area (Å²) in [6.45, 7) is 8.08. The van der Waals surface area contributed by atoms with E-state index >= 15 is 0 Å². The Bertz CT molecular complexity index is 356. The van der Waals surface area contributed by atoms with Gasteiger partial charge < -0.3 is 5.32 Å². The molecule has 3 nitrogen and oxygen atoms in total. The molecule has 1 spiro atoms.